The number of hydrogen-bond donors (Lipinski definition) is 0. The number of rotatable bonds is 17. The fourth-order valence-corrected chi connectivity index (χ4v) is 4.78. The van der Waals surface area contributed by atoms with Gasteiger partial charge in [-0.25, -0.2) is 0 Å². The van der Waals surface area contributed by atoms with Crippen molar-refractivity contribution in [1.82, 2.24) is 0 Å². The fourth-order valence-electron chi connectivity index (χ4n) is 3.03. The van der Waals surface area contributed by atoms with Gasteiger partial charge in [0.2, 0.25) is 0 Å². The molecule has 0 aliphatic rings. The normalized spacial score (nSPS) is 13.2. The molecular formula is C20H36N2S2. The minimum absolute atomic E-state index is 0.321. The Morgan fingerprint density at radius 2 is 0.917 bits per heavy atom. The third kappa shape index (κ3) is 14.1. The van der Waals surface area contributed by atoms with Crippen molar-refractivity contribution < 1.29 is 0 Å². The van der Waals surface area contributed by atoms with Gasteiger partial charge in [0.1, 0.15) is 10.8 Å². The van der Waals surface area contributed by atoms with Gasteiger partial charge in [0, 0.05) is 10.5 Å². The van der Waals surface area contributed by atoms with Crippen molar-refractivity contribution in [2.75, 3.05) is 0 Å². The first-order valence-electron chi connectivity index (χ1n) is 9.89. The van der Waals surface area contributed by atoms with Crippen molar-refractivity contribution in [3.05, 3.63) is 0 Å². The van der Waals surface area contributed by atoms with Gasteiger partial charge in [0.05, 0.1) is 0 Å². The Labute approximate surface area is 159 Å². The summed E-state index contributed by atoms with van der Waals surface area (Å²) in [6.45, 7) is 4.48. The van der Waals surface area contributed by atoms with Crippen molar-refractivity contribution in [2.45, 2.75) is 114 Å². The highest BCUT2D eigenvalue weighted by Crippen LogP contribution is 2.32. The van der Waals surface area contributed by atoms with E-state index >= 15 is 0 Å². The molecule has 0 bridgehead atoms. The molecule has 0 aromatic carbocycles. The summed E-state index contributed by atoms with van der Waals surface area (Å²) in [6, 6.07) is 0. The first-order valence-corrected chi connectivity index (χ1v) is 11.7. The molecule has 138 valence electrons. The molecular weight excluding hydrogens is 332 g/mol. The second-order valence-electron chi connectivity index (χ2n) is 6.61. The lowest BCUT2D eigenvalue weighted by atomic mass is 10.0. The highest BCUT2D eigenvalue weighted by Gasteiger charge is 2.22. The van der Waals surface area contributed by atoms with Crippen molar-refractivity contribution in [3.8, 4) is 10.8 Å². The smallest absolute Gasteiger partial charge is 0.133 e. The summed E-state index contributed by atoms with van der Waals surface area (Å²) in [4.78, 5) is 0. The third-order valence-corrected chi connectivity index (χ3v) is 6.62. The summed E-state index contributed by atoms with van der Waals surface area (Å²) in [6.07, 6.45) is 17.6. The summed E-state index contributed by atoms with van der Waals surface area (Å²) < 4.78 is 0. The largest absolute Gasteiger partial charge is 0.185 e. The summed E-state index contributed by atoms with van der Waals surface area (Å²) in [5.41, 5.74) is 0. The lowest BCUT2D eigenvalue weighted by Crippen LogP contribution is -2.19. The molecule has 0 N–H and O–H groups in total. The summed E-state index contributed by atoms with van der Waals surface area (Å²) in [7, 11) is 0. The van der Waals surface area contributed by atoms with Gasteiger partial charge in [-0.15, -0.1) is 0 Å². The number of thiocyanates is 2. The second kappa shape index (κ2) is 19.0. The van der Waals surface area contributed by atoms with Gasteiger partial charge < -0.3 is 0 Å². The van der Waals surface area contributed by atoms with Gasteiger partial charge in [-0.3, -0.25) is 0 Å². The number of hydrogen-bond acceptors (Lipinski definition) is 4. The molecule has 0 aromatic rings. The minimum Gasteiger partial charge on any atom is -0.185 e. The van der Waals surface area contributed by atoms with Crippen LogP contribution in [0.2, 0.25) is 0 Å². The Morgan fingerprint density at radius 3 is 1.25 bits per heavy atom. The van der Waals surface area contributed by atoms with Crippen LogP contribution in [0.4, 0.5) is 0 Å². The van der Waals surface area contributed by atoms with Crippen LogP contribution >= 0.6 is 23.5 Å². The zero-order chi connectivity index (χ0) is 17.9. The van der Waals surface area contributed by atoms with Gasteiger partial charge in [-0.05, 0) is 36.4 Å². The number of nitrogens with zero attached hydrogens (tertiary/aromatic N) is 2. The Morgan fingerprint density at radius 1 is 0.583 bits per heavy atom. The summed E-state index contributed by atoms with van der Waals surface area (Å²) in [5, 5.41) is 23.4. The van der Waals surface area contributed by atoms with E-state index in [1.54, 1.807) is 0 Å². The van der Waals surface area contributed by atoms with Crippen molar-refractivity contribution in [1.29, 1.82) is 10.5 Å². The van der Waals surface area contributed by atoms with E-state index in [0.29, 0.717) is 10.5 Å². The van der Waals surface area contributed by atoms with E-state index in [2.05, 4.69) is 24.6 Å². The van der Waals surface area contributed by atoms with E-state index in [4.69, 9.17) is 10.5 Å². The molecule has 24 heavy (non-hydrogen) atoms. The maximum Gasteiger partial charge on any atom is 0.133 e. The average Bonchev–Trinajstić information content (AvgIpc) is 2.59. The number of nitriles is 2. The summed E-state index contributed by atoms with van der Waals surface area (Å²) in [5.74, 6) is 0. The summed E-state index contributed by atoms with van der Waals surface area (Å²) >= 11 is 2.80. The third-order valence-electron chi connectivity index (χ3n) is 4.51. The van der Waals surface area contributed by atoms with E-state index in [-0.39, 0.29) is 0 Å². The van der Waals surface area contributed by atoms with Crippen LogP contribution in [0.5, 0.6) is 0 Å². The van der Waals surface area contributed by atoms with Crippen LogP contribution in [-0.2, 0) is 0 Å². The molecule has 0 aromatic heterocycles. The Hall–Kier alpha value is -0.320. The molecule has 0 saturated heterocycles. The zero-order valence-electron chi connectivity index (χ0n) is 15.8. The van der Waals surface area contributed by atoms with E-state index in [1.165, 1.54) is 101 Å². The highest BCUT2D eigenvalue weighted by molar-refractivity contribution is 8.08. The monoisotopic (exact) mass is 368 g/mol. The molecule has 0 aliphatic carbocycles. The standard InChI is InChI=1S/C20H36N2S2/c1-3-5-7-9-11-13-15-19(23-17-21)20(24-18-22)16-14-12-10-8-6-4-2/h19-20H,3-16H2,1-2H3. The minimum atomic E-state index is 0.321. The van der Waals surface area contributed by atoms with Gasteiger partial charge in [-0.1, -0.05) is 90.9 Å². The molecule has 2 unspecified atom stereocenters. The zero-order valence-corrected chi connectivity index (χ0v) is 17.4. The van der Waals surface area contributed by atoms with Gasteiger partial charge in [-0.2, -0.15) is 10.5 Å². The van der Waals surface area contributed by atoms with E-state index in [9.17, 15) is 0 Å². The maximum atomic E-state index is 9.12. The Balaban J connectivity index is 4.11. The van der Waals surface area contributed by atoms with Crippen LogP contribution < -0.4 is 0 Å². The predicted octanol–water partition coefficient (Wildman–Crippen LogP) is 7.65. The van der Waals surface area contributed by atoms with Crippen LogP contribution in [0.1, 0.15) is 104 Å². The Bertz CT molecular complexity index is 313. The van der Waals surface area contributed by atoms with Crippen molar-refractivity contribution in [3.63, 3.8) is 0 Å². The van der Waals surface area contributed by atoms with Crippen LogP contribution in [0.15, 0.2) is 0 Å². The molecule has 2 nitrogen and oxygen atoms in total. The lowest BCUT2D eigenvalue weighted by Gasteiger charge is -2.21. The maximum absolute atomic E-state index is 9.12. The van der Waals surface area contributed by atoms with Gasteiger partial charge in [0.15, 0.2) is 0 Å². The van der Waals surface area contributed by atoms with E-state index < -0.39 is 0 Å². The molecule has 0 amide bonds. The van der Waals surface area contributed by atoms with E-state index in [0.717, 1.165) is 12.8 Å². The first-order chi connectivity index (χ1) is 11.8. The molecule has 0 saturated carbocycles. The molecule has 0 spiro atoms. The first kappa shape index (κ1) is 23.7. The van der Waals surface area contributed by atoms with Crippen molar-refractivity contribution >= 4 is 23.5 Å². The average molecular weight is 369 g/mol. The molecule has 0 radical (unpaired) electrons. The van der Waals surface area contributed by atoms with Gasteiger partial charge >= 0.3 is 0 Å². The highest BCUT2D eigenvalue weighted by atomic mass is 32.2. The van der Waals surface area contributed by atoms with Crippen LogP contribution in [-0.4, -0.2) is 10.5 Å². The fraction of sp³-hybridized carbons (Fsp3) is 0.900. The number of unbranched alkanes of at least 4 members (excludes halogenated alkanes) is 10. The van der Waals surface area contributed by atoms with Crippen LogP contribution in [0.25, 0.3) is 0 Å². The topological polar surface area (TPSA) is 47.6 Å². The molecule has 2 atom stereocenters. The second-order valence-corrected chi connectivity index (χ2v) is 8.66. The van der Waals surface area contributed by atoms with Crippen LogP contribution in [0, 0.1) is 21.3 Å². The predicted molar refractivity (Wildman–Crippen MR) is 110 cm³/mol. The molecule has 0 rings (SSSR count). The van der Waals surface area contributed by atoms with E-state index in [1.807, 2.05) is 0 Å². The quantitative estimate of drug-likeness (QED) is 0.195. The van der Waals surface area contributed by atoms with Gasteiger partial charge in [0.25, 0.3) is 0 Å². The molecule has 0 heterocycles. The molecule has 0 fully saturated rings. The molecule has 4 heteroatoms. The van der Waals surface area contributed by atoms with Crippen molar-refractivity contribution in [2.24, 2.45) is 0 Å². The van der Waals surface area contributed by atoms with Crippen LogP contribution in [0.3, 0.4) is 0 Å². The Kier molecular flexibility index (Phi) is 18.8. The SMILES string of the molecule is CCCCCCCCC(SC#N)C(CCCCCCCC)SC#N. The molecule has 0 aliphatic heterocycles. The lowest BCUT2D eigenvalue weighted by molar-refractivity contribution is 0.546. The number of thioether (sulfide) groups is 2.